The molecule has 3 heteroatoms. The quantitative estimate of drug-likeness (QED) is 0.810. The molecule has 0 saturated heterocycles. The highest BCUT2D eigenvalue weighted by Crippen LogP contribution is 2.30. The van der Waals surface area contributed by atoms with Crippen LogP contribution in [0.5, 0.6) is 0 Å². The summed E-state index contributed by atoms with van der Waals surface area (Å²) >= 11 is 2.12. The molecule has 0 aliphatic heterocycles. The molecular weight excluding hydrogens is 257 g/mol. The van der Waals surface area contributed by atoms with Gasteiger partial charge in [-0.15, -0.1) is 0 Å². The Morgan fingerprint density at radius 2 is 1.95 bits per heavy atom. The molecule has 1 N–H and O–H groups in total. The van der Waals surface area contributed by atoms with Gasteiger partial charge in [-0.05, 0) is 43.5 Å². The molecule has 0 aromatic heterocycles. The van der Waals surface area contributed by atoms with Crippen LogP contribution in [0.3, 0.4) is 0 Å². The Morgan fingerprint density at radius 1 is 1.26 bits per heavy atom. The van der Waals surface area contributed by atoms with E-state index in [9.17, 15) is 4.39 Å². The lowest BCUT2D eigenvalue weighted by atomic mass is 10.1. The van der Waals surface area contributed by atoms with Crippen molar-refractivity contribution in [2.75, 3.05) is 12.3 Å². The van der Waals surface area contributed by atoms with Crippen LogP contribution in [-0.2, 0) is 6.42 Å². The Balaban J connectivity index is 1.82. The molecule has 0 amide bonds. The fourth-order valence-electron chi connectivity index (χ4n) is 2.69. The van der Waals surface area contributed by atoms with E-state index in [1.54, 1.807) is 12.1 Å². The summed E-state index contributed by atoms with van der Waals surface area (Å²) in [7, 11) is 0. The zero-order chi connectivity index (χ0) is 13.5. The van der Waals surface area contributed by atoms with Gasteiger partial charge in [-0.3, -0.25) is 0 Å². The topological polar surface area (TPSA) is 12.0 Å². The molecule has 1 aliphatic rings. The third-order valence-electron chi connectivity index (χ3n) is 3.72. The number of halogens is 1. The minimum atomic E-state index is -0.149. The maximum Gasteiger partial charge on any atom is 0.123 e. The first-order chi connectivity index (χ1) is 9.28. The second-order valence-electron chi connectivity index (χ2n) is 5.32. The van der Waals surface area contributed by atoms with Crippen molar-refractivity contribution < 1.29 is 4.39 Å². The summed E-state index contributed by atoms with van der Waals surface area (Å²) in [6, 6.07) is 7.42. The Bertz CT molecular complexity index is 360. The fourth-order valence-corrected chi connectivity index (χ4v) is 4.10. The van der Waals surface area contributed by atoms with Crippen LogP contribution in [-0.4, -0.2) is 23.6 Å². The number of hydrogen-bond donors (Lipinski definition) is 1. The summed E-state index contributed by atoms with van der Waals surface area (Å²) in [5.41, 5.74) is 1.22. The Morgan fingerprint density at radius 3 is 2.58 bits per heavy atom. The van der Waals surface area contributed by atoms with Crippen molar-refractivity contribution in [1.82, 2.24) is 5.32 Å². The highest BCUT2D eigenvalue weighted by Gasteiger charge is 2.17. The molecule has 106 valence electrons. The Hall–Kier alpha value is -0.540. The average molecular weight is 281 g/mol. The van der Waals surface area contributed by atoms with E-state index < -0.39 is 0 Å². The minimum Gasteiger partial charge on any atom is -0.313 e. The van der Waals surface area contributed by atoms with Crippen LogP contribution in [0.1, 0.15) is 38.2 Å². The van der Waals surface area contributed by atoms with Crippen molar-refractivity contribution in [1.29, 1.82) is 0 Å². The zero-order valence-electron chi connectivity index (χ0n) is 11.7. The summed E-state index contributed by atoms with van der Waals surface area (Å²) in [5, 5.41) is 4.42. The molecule has 0 bridgehead atoms. The van der Waals surface area contributed by atoms with Crippen LogP contribution < -0.4 is 5.32 Å². The van der Waals surface area contributed by atoms with Crippen molar-refractivity contribution >= 4 is 11.8 Å². The van der Waals surface area contributed by atoms with Gasteiger partial charge in [0, 0.05) is 17.0 Å². The lowest BCUT2D eigenvalue weighted by Crippen LogP contribution is -2.33. The standard InChI is InChI=1S/C16H24FNS/c1-2-18-15(12-19-16-5-3-4-6-16)11-13-7-9-14(17)10-8-13/h7-10,15-16,18H,2-6,11-12H2,1H3. The monoisotopic (exact) mass is 281 g/mol. The average Bonchev–Trinajstić information content (AvgIpc) is 2.92. The van der Waals surface area contributed by atoms with Crippen LogP contribution >= 0.6 is 11.8 Å². The number of likely N-dealkylation sites (N-methyl/N-ethyl adjacent to an activating group) is 1. The van der Waals surface area contributed by atoms with Gasteiger partial charge in [-0.2, -0.15) is 11.8 Å². The van der Waals surface area contributed by atoms with Crippen molar-refractivity contribution in [3.8, 4) is 0 Å². The second-order valence-corrected chi connectivity index (χ2v) is 6.66. The van der Waals surface area contributed by atoms with Gasteiger partial charge in [0.15, 0.2) is 0 Å². The molecule has 1 nitrogen and oxygen atoms in total. The summed E-state index contributed by atoms with van der Waals surface area (Å²) in [6.45, 7) is 3.15. The van der Waals surface area contributed by atoms with Gasteiger partial charge in [0.25, 0.3) is 0 Å². The van der Waals surface area contributed by atoms with Crippen LogP contribution in [0.15, 0.2) is 24.3 Å². The summed E-state index contributed by atoms with van der Waals surface area (Å²) < 4.78 is 12.9. The van der Waals surface area contributed by atoms with Gasteiger partial charge in [0.05, 0.1) is 0 Å². The van der Waals surface area contributed by atoms with Gasteiger partial charge in [0.2, 0.25) is 0 Å². The van der Waals surface area contributed by atoms with Gasteiger partial charge in [0.1, 0.15) is 5.82 Å². The molecule has 0 spiro atoms. The molecule has 1 fully saturated rings. The van der Waals surface area contributed by atoms with Gasteiger partial charge < -0.3 is 5.32 Å². The predicted octanol–water partition coefficient (Wildman–Crippen LogP) is 4.02. The third kappa shape index (κ3) is 5.15. The lowest BCUT2D eigenvalue weighted by Gasteiger charge is -2.19. The fraction of sp³-hybridized carbons (Fsp3) is 0.625. The number of rotatable bonds is 7. The molecule has 1 unspecified atom stereocenters. The van der Waals surface area contributed by atoms with E-state index in [0.717, 1.165) is 24.0 Å². The van der Waals surface area contributed by atoms with Crippen LogP contribution in [0.4, 0.5) is 4.39 Å². The third-order valence-corrected chi connectivity index (χ3v) is 5.26. The van der Waals surface area contributed by atoms with Crippen molar-refractivity contribution in [2.45, 2.75) is 50.3 Å². The van der Waals surface area contributed by atoms with Gasteiger partial charge in [-0.1, -0.05) is 31.9 Å². The highest BCUT2D eigenvalue weighted by atomic mass is 32.2. The highest BCUT2D eigenvalue weighted by molar-refractivity contribution is 7.99. The van der Waals surface area contributed by atoms with E-state index in [1.807, 2.05) is 12.1 Å². The molecule has 1 atom stereocenters. The van der Waals surface area contributed by atoms with E-state index in [2.05, 4.69) is 24.0 Å². The van der Waals surface area contributed by atoms with Crippen molar-refractivity contribution in [3.63, 3.8) is 0 Å². The maximum absolute atomic E-state index is 12.9. The summed E-state index contributed by atoms with van der Waals surface area (Å²) in [5.74, 6) is 1.01. The Labute approximate surface area is 120 Å². The van der Waals surface area contributed by atoms with E-state index in [4.69, 9.17) is 0 Å². The minimum absolute atomic E-state index is 0.149. The van der Waals surface area contributed by atoms with Crippen molar-refractivity contribution in [2.24, 2.45) is 0 Å². The van der Waals surface area contributed by atoms with Crippen LogP contribution in [0.2, 0.25) is 0 Å². The lowest BCUT2D eigenvalue weighted by molar-refractivity contribution is 0.570. The van der Waals surface area contributed by atoms with Gasteiger partial charge in [-0.25, -0.2) is 4.39 Å². The first-order valence-corrected chi connectivity index (χ1v) is 8.42. The Kier molecular flexibility index (Phi) is 6.18. The molecular formula is C16H24FNS. The number of benzene rings is 1. The van der Waals surface area contributed by atoms with E-state index in [1.165, 1.54) is 31.2 Å². The molecule has 1 aromatic rings. The van der Waals surface area contributed by atoms with Crippen LogP contribution in [0.25, 0.3) is 0 Å². The molecule has 1 saturated carbocycles. The molecule has 1 aliphatic carbocycles. The summed E-state index contributed by atoms with van der Waals surface area (Å²) in [4.78, 5) is 0. The number of nitrogens with one attached hydrogen (secondary N) is 1. The smallest absolute Gasteiger partial charge is 0.123 e. The first-order valence-electron chi connectivity index (χ1n) is 7.37. The van der Waals surface area contributed by atoms with Crippen molar-refractivity contribution in [3.05, 3.63) is 35.6 Å². The maximum atomic E-state index is 12.9. The molecule has 0 heterocycles. The van der Waals surface area contributed by atoms with Crippen LogP contribution in [0, 0.1) is 5.82 Å². The predicted molar refractivity (Wildman–Crippen MR) is 82.3 cm³/mol. The largest absolute Gasteiger partial charge is 0.313 e. The zero-order valence-corrected chi connectivity index (χ0v) is 12.5. The normalized spacial score (nSPS) is 17.8. The molecule has 19 heavy (non-hydrogen) atoms. The number of thioether (sulfide) groups is 1. The molecule has 0 radical (unpaired) electrons. The van der Waals surface area contributed by atoms with Gasteiger partial charge >= 0.3 is 0 Å². The van der Waals surface area contributed by atoms with E-state index in [0.29, 0.717) is 6.04 Å². The molecule has 2 rings (SSSR count). The second kappa shape index (κ2) is 7.91. The molecule has 1 aromatic carbocycles. The SMILES string of the molecule is CCNC(CSC1CCCC1)Cc1ccc(F)cc1. The first kappa shape index (κ1) is 14.9. The summed E-state index contributed by atoms with van der Waals surface area (Å²) in [6.07, 6.45) is 6.58. The van der Waals surface area contributed by atoms with E-state index in [-0.39, 0.29) is 5.82 Å². The number of hydrogen-bond acceptors (Lipinski definition) is 2. The van der Waals surface area contributed by atoms with E-state index >= 15 is 0 Å².